The molecule has 2 fully saturated rings. The Kier molecular flexibility index (Phi) is 4.06. The van der Waals surface area contributed by atoms with E-state index in [9.17, 15) is 9.59 Å². The molecule has 102 valence electrons. The van der Waals surface area contributed by atoms with Crippen molar-refractivity contribution in [2.75, 3.05) is 26.7 Å². The van der Waals surface area contributed by atoms with Crippen LogP contribution < -0.4 is 0 Å². The van der Waals surface area contributed by atoms with E-state index in [1.165, 1.54) is 4.90 Å². The molecule has 1 N–H and O–H groups in total. The van der Waals surface area contributed by atoms with Crippen molar-refractivity contribution in [1.29, 1.82) is 0 Å². The van der Waals surface area contributed by atoms with Gasteiger partial charge in [-0.1, -0.05) is 0 Å². The number of ether oxygens (including phenoxy) is 1. The van der Waals surface area contributed by atoms with Crippen LogP contribution in [0.2, 0.25) is 0 Å². The molecular weight excluding hydrogens is 236 g/mol. The number of carbonyl (C=O) groups excluding carboxylic acids is 1. The molecule has 6 heteroatoms. The van der Waals surface area contributed by atoms with Crippen LogP contribution >= 0.6 is 0 Å². The van der Waals surface area contributed by atoms with Gasteiger partial charge in [0.1, 0.15) is 0 Å². The zero-order valence-electron chi connectivity index (χ0n) is 10.7. The van der Waals surface area contributed by atoms with Gasteiger partial charge in [-0.25, -0.2) is 4.79 Å². The summed E-state index contributed by atoms with van der Waals surface area (Å²) in [5, 5.41) is 8.63. The Morgan fingerprint density at radius 1 is 1.44 bits per heavy atom. The minimum atomic E-state index is -0.879. The van der Waals surface area contributed by atoms with Crippen LogP contribution in [0.4, 0.5) is 4.79 Å². The van der Waals surface area contributed by atoms with Crippen molar-refractivity contribution in [2.45, 2.75) is 37.8 Å². The van der Waals surface area contributed by atoms with E-state index in [-0.39, 0.29) is 31.1 Å². The van der Waals surface area contributed by atoms with Crippen LogP contribution in [0, 0.1) is 0 Å². The summed E-state index contributed by atoms with van der Waals surface area (Å²) in [7, 11) is 1.66. The molecule has 1 aliphatic heterocycles. The zero-order chi connectivity index (χ0) is 13.1. The second kappa shape index (κ2) is 5.56. The molecule has 1 aliphatic carbocycles. The summed E-state index contributed by atoms with van der Waals surface area (Å²) < 4.78 is 5.65. The highest BCUT2D eigenvalue weighted by Gasteiger charge is 2.39. The topological polar surface area (TPSA) is 70.1 Å². The van der Waals surface area contributed by atoms with Crippen LogP contribution in [0.5, 0.6) is 0 Å². The maximum Gasteiger partial charge on any atom is 0.320 e. The molecule has 1 heterocycles. The SMILES string of the molecule is CN(CCC(=O)O)C(=O)N1CCOC2CCCC21. The standard InChI is InChI=1S/C12H20N2O4/c1-13(6-5-11(15)16)12(17)14-7-8-18-10-4-2-3-9(10)14/h9-10H,2-8H2,1H3,(H,15,16). The summed E-state index contributed by atoms with van der Waals surface area (Å²) in [6.45, 7) is 1.44. The number of aliphatic carboxylic acids is 1. The molecule has 1 saturated heterocycles. The van der Waals surface area contributed by atoms with Crippen molar-refractivity contribution in [3.63, 3.8) is 0 Å². The van der Waals surface area contributed by atoms with Gasteiger partial charge in [-0.05, 0) is 19.3 Å². The lowest BCUT2D eigenvalue weighted by molar-refractivity contribution is -0.137. The first-order valence-corrected chi connectivity index (χ1v) is 6.44. The van der Waals surface area contributed by atoms with Crippen molar-refractivity contribution in [3.8, 4) is 0 Å². The second-order valence-corrected chi connectivity index (χ2v) is 4.95. The third-order valence-electron chi connectivity index (χ3n) is 3.72. The fraction of sp³-hybridized carbons (Fsp3) is 0.833. The molecule has 0 aromatic carbocycles. The molecule has 0 radical (unpaired) electrons. The molecule has 0 spiro atoms. The second-order valence-electron chi connectivity index (χ2n) is 4.95. The van der Waals surface area contributed by atoms with E-state index in [0.717, 1.165) is 19.3 Å². The number of fused-ring (bicyclic) bond motifs is 1. The van der Waals surface area contributed by atoms with Crippen molar-refractivity contribution < 1.29 is 19.4 Å². The van der Waals surface area contributed by atoms with Gasteiger partial charge in [-0.2, -0.15) is 0 Å². The monoisotopic (exact) mass is 256 g/mol. The average Bonchev–Trinajstić information content (AvgIpc) is 2.82. The molecule has 2 unspecified atom stereocenters. The Hall–Kier alpha value is -1.30. The number of carboxylic acid groups (broad SMARTS) is 1. The van der Waals surface area contributed by atoms with Gasteiger partial charge in [0, 0.05) is 20.1 Å². The van der Waals surface area contributed by atoms with Crippen LogP contribution in [0.15, 0.2) is 0 Å². The summed E-state index contributed by atoms with van der Waals surface area (Å²) in [5.41, 5.74) is 0. The normalized spacial score (nSPS) is 26.8. The van der Waals surface area contributed by atoms with E-state index in [1.807, 2.05) is 4.90 Å². The van der Waals surface area contributed by atoms with Crippen LogP contribution in [0.25, 0.3) is 0 Å². The Labute approximate surface area is 106 Å². The highest BCUT2D eigenvalue weighted by Crippen LogP contribution is 2.30. The van der Waals surface area contributed by atoms with Gasteiger partial charge in [0.25, 0.3) is 0 Å². The van der Waals surface area contributed by atoms with E-state index in [2.05, 4.69) is 0 Å². The average molecular weight is 256 g/mol. The van der Waals surface area contributed by atoms with Crippen molar-refractivity contribution in [2.24, 2.45) is 0 Å². The van der Waals surface area contributed by atoms with E-state index in [4.69, 9.17) is 9.84 Å². The number of carboxylic acids is 1. The molecule has 0 aromatic heterocycles. The lowest BCUT2D eigenvalue weighted by Crippen LogP contribution is -2.54. The Morgan fingerprint density at radius 3 is 2.94 bits per heavy atom. The molecule has 2 amide bonds. The fourth-order valence-electron chi connectivity index (χ4n) is 2.74. The summed E-state index contributed by atoms with van der Waals surface area (Å²) in [5.74, 6) is -0.879. The highest BCUT2D eigenvalue weighted by atomic mass is 16.5. The molecule has 6 nitrogen and oxygen atoms in total. The minimum Gasteiger partial charge on any atom is -0.481 e. The van der Waals surface area contributed by atoms with Gasteiger partial charge in [0.05, 0.1) is 25.2 Å². The quantitative estimate of drug-likeness (QED) is 0.809. The van der Waals surface area contributed by atoms with Gasteiger partial charge in [0.2, 0.25) is 0 Å². The number of morpholine rings is 1. The first kappa shape index (κ1) is 13.1. The van der Waals surface area contributed by atoms with Crippen LogP contribution in [0.1, 0.15) is 25.7 Å². The number of rotatable bonds is 3. The van der Waals surface area contributed by atoms with Crippen LogP contribution in [-0.2, 0) is 9.53 Å². The number of urea groups is 1. The number of hydrogen-bond acceptors (Lipinski definition) is 3. The van der Waals surface area contributed by atoms with Crippen molar-refractivity contribution >= 4 is 12.0 Å². The van der Waals surface area contributed by atoms with Crippen molar-refractivity contribution in [1.82, 2.24) is 9.80 Å². The molecular formula is C12H20N2O4. The smallest absolute Gasteiger partial charge is 0.320 e. The van der Waals surface area contributed by atoms with Gasteiger partial charge in [0.15, 0.2) is 0 Å². The van der Waals surface area contributed by atoms with Crippen LogP contribution in [-0.4, -0.2) is 65.8 Å². The third-order valence-corrected chi connectivity index (χ3v) is 3.72. The molecule has 2 rings (SSSR count). The van der Waals surface area contributed by atoms with E-state index in [1.54, 1.807) is 7.05 Å². The fourth-order valence-corrected chi connectivity index (χ4v) is 2.74. The predicted octanol–water partition coefficient (Wildman–Crippen LogP) is 0.766. The van der Waals surface area contributed by atoms with Gasteiger partial charge in [-0.3, -0.25) is 4.79 Å². The molecule has 2 aliphatic rings. The van der Waals surface area contributed by atoms with Crippen molar-refractivity contribution in [3.05, 3.63) is 0 Å². The maximum atomic E-state index is 12.3. The Balaban J connectivity index is 1.92. The lowest BCUT2D eigenvalue weighted by atomic mass is 10.1. The summed E-state index contributed by atoms with van der Waals surface area (Å²) >= 11 is 0. The van der Waals surface area contributed by atoms with E-state index >= 15 is 0 Å². The van der Waals surface area contributed by atoms with Gasteiger partial charge >= 0.3 is 12.0 Å². The molecule has 18 heavy (non-hydrogen) atoms. The first-order valence-electron chi connectivity index (χ1n) is 6.44. The summed E-state index contributed by atoms with van der Waals surface area (Å²) in [6.07, 6.45) is 3.27. The lowest BCUT2D eigenvalue weighted by Gasteiger charge is -2.39. The Bertz CT molecular complexity index is 334. The number of carbonyl (C=O) groups is 2. The van der Waals surface area contributed by atoms with E-state index < -0.39 is 5.97 Å². The molecule has 2 atom stereocenters. The number of amides is 2. The molecule has 1 saturated carbocycles. The number of nitrogens with zero attached hydrogens (tertiary/aromatic N) is 2. The third kappa shape index (κ3) is 2.75. The Morgan fingerprint density at radius 2 is 2.22 bits per heavy atom. The molecule has 0 bridgehead atoms. The van der Waals surface area contributed by atoms with Gasteiger partial charge in [-0.15, -0.1) is 0 Å². The minimum absolute atomic E-state index is 0.0132. The van der Waals surface area contributed by atoms with Gasteiger partial charge < -0.3 is 19.6 Å². The summed E-state index contributed by atoms with van der Waals surface area (Å²) in [4.78, 5) is 26.1. The highest BCUT2D eigenvalue weighted by molar-refractivity contribution is 5.75. The van der Waals surface area contributed by atoms with Crippen LogP contribution in [0.3, 0.4) is 0 Å². The van der Waals surface area contributed by atoms with E-state index in [0.29, 0.717) is 13.2 Å². The largest absolute Gasteiger partial charge is 0.481 e. The first-order chi connectivity index (χ1) is 8.59. The predicted molar refractivity (Wildman–Crippen MR) is 64.4 cm³/mol. The summed E-state index contributed by atoms with van der Waals surface area (Å²) in [6, 6.07) is 0.106. The maximum absolute atomic E-state index is 12.3. The zero-order valence-corrected chi connectivity index (χ0v) is 10.7. The number of hydrogen-bond donors (Lipinski definition) is 1. The molecule has 0 aromatic rings.